The van der Waals surface area contributed by atoms with Crippen molar-refractivity contribution in [1.29, 1.82) is 0 Å². The Hall–Kier alpha value is -0.750. The maximum absolute atomic E-state index is 13.2. The first-order valence-electron chi connectivity index (χ1n) is 7.37. The smallest absolute Gasteiger partial charge is 0.260 e. The Morgan fingerprint density at radius 2 is 2.05 bits per heavy atom. The van der Waals surface area contributed by atoms with Crippen LogP contribution in [0.2, 0.25) is 0 Å². The number of hydrogen-bond donors (Lipinski definition) is 0. The number of rotatable bonds is 2. The van der Waals surface area contributed by atoms with Gasteiger partial charge in [-0.1, -0.05) is 0 Å². The lowest BCUT2D eigenvalue weighted by Crippen LogP contribution is -2.61. The number of amides is 1. The van der Waals surface area contributed by atoms with Crippen LogP contribution in [0.3, 0.4) is 0 Å². The van der Waals surface area contributed by atoms with Crippen LogP contribution in [0, 0.1) is 5.92 Å². The van der Waals surface area contributed by atoms with Crippen LogP contribution in [0.25, 0.3) is 0 Å². The van der Waals surface area contributed by atoms with Gasteiger partial charge >= 0.3 is 0 Å². The number of carbonyl (C=O) groups is 1. The van der Waals surface area contributed by atoms with Crippen molar-refractivity contribution in [3.8, 4) is 0 Å². The van der Waals surface area contributed by atoms with Gasteiger partial charge < -0.3 is 9.64 Å². The number of halogens is 2. The van der Waals surface area contributed by atoms with Gasteiger partial charge in [-0.3, -0.25) is 9.69 Å². The van der Waals surface area contributed by atoms with Crippen molar-refractivity contribution in [2.75, 3.05) is 32.8 Å². The van der Waals surface area contributed by atoms with Crippen molar-refractivity contribution >= 4 is 5.91 Å². The molecule has 4 nitrogen and oxygen atoms in total. The molecule has 2 heterocycles. The van der Waals surface area contributed by atoms with E-state index in [4.69, 9.17) is 4.74 Å². The molecule has 3 fully saturated rings. The van der Waals surface area contributed by atoms with Gasteiger partial charge in [0.1, 0.15) is 5.92 Å². The van der Waals surface area contributed by atoms with Crippen LogP contribution in [0.5, 0.6) is 0 Å². The van der Waals surface area contributed by atoms with Crippen LogP contribution >= 0.6 is 0 Å². The first-order chi connectivity index (χ1) is 9.36. The number of hydrogen-bond acceptors (Lipinski definition) is 3. The predicted molar refractivity (Wildman–Crippen MR) is 69.6 cm³/mol. The highest BCUT2D eigenvalue weighted by Gasteiger charge is 2.64. The normalized spacial score (nSPS) is 36.9. The molecule has 0 radical (unpaired) electrons. The third-order valence-corrected chi connectivity index (χ3v) is 4.88. The topological polar surface area (TPSA) is 32.8 Å². The van der Waals surface area contributed by atoms with E-state index in [0.717, 1.165) is 19.5 Å². The Morgan fingerprint density at radius 3 is 2.60 bits per heavy atom. The molecule has 2 saturated heterocycles. The molecule has 1 spiro atoms. The van der Waals surface area contributed by atoms with E-state index in [1.165, 1.54) is 0 Å². The summed E-state index contributed by atoms with van der Waals surface area (Å²) < 4.78 is 31.9. The van der Waals surface area contributed by atoms with Crippen molar-refractivity contribution in [1.82, 2.24) is 9.80 Å². The molecule has 0 bridgehead atoms. The molecule has 6 heteroatoms. The molecule has 20 heavy (non-hydrogen) atoms. The largest absolute Gasteiger partial charge is 0.377 e. The van der Waals surface area contributed by atoms with E-state index in [-0.39, 0.29) is 12.3 Å². The number of carbonyl (C=O) groups excluding carboxylic acids is 1. The maximum Gasteiger partial charge on any atom is 0.260 e. The molecule has 0 N–H and O–H groups in total. The van der Waals surface area contributed by atoms with Crippen LogP contribution in [-0.2, 0) is 9.53 Å². The number of nitrogens with zero attached hydrogens (tertiary/aromatic N) is 2. The molecular weight excluding hydrogens is 266 g/mol. The van der Waals surface area contributed by atoms with E-state index < -0.39 is 17.4 Å². The molecule has 2 atom stereocenters. The Bertz CT molecular complexity index is 416. The van der Waals surface area contributed by atoms with Crippen molar-refractivity contribution < 1.29 is 18.3 Å². The van der Waals surface area contributed by atoms with Gasteiger partial charge in [0.05, 0.1) is 18.8 Å². The minimum atomic E-state index is -2.78. The fraction of sp³-hybridized carbons (Fsp3) is 0.929. The molecule has 2 aliphatic heterocycles. The third kappa shape index (κ3) is 2.22. The number of likely N-dealkylation sites (tertiary alicyclic amines) is 1. The van der Waals surface area contributed by atoms with Crippen LogP contribution < -0.4 is 0 Å². The molecule has 0 aromatic heterocycles. The summed E-state index contributed by atoms with van der Waals surface area (Å²) in [5.74, 6) is -4.25. The molecular formula is C14H22F2N2O2. The summed E-state index contributed by atoms with van der Waals surface area (Å²) >= 11 is 0. The summed E-state index contributed by atoms with van der Waals surface area (Å²) in [4.78, 5) is 16.4. The lowest BCUT2D eigenvalue weighted by Gasteiger charge is -2.45. The minimum Gasteiger partial charge on any atom is -0.377 e. The van der Waals surface area contributed by atoms with E-state index in [1.54, 1.807) is 4.90 Å². The fourth-order valence-electron chi connectivity index (χ4n) is 3.41. The molecule has 114 valence electrons. The van der Waals surface area contributed by atoms with Gasteiger partial charge in [-0.15, -0.1) is 0 Å². The zero-order chi connectivity index (χ0) is 14.5. The number of ether oxygens (including phenoxy) is 1. The first kappa shape index (κ1) is 14.2. The average molecular weight is 288 g/mol. The van der Waals surface area contributed by atoms with Crippen LogP contribution in [0.1, 0.15) is 26.7 Å². The van der Waals surface area contributed by atoms with Gasteiger partial charge in [0.15, 0.2) is 0 Å². The standard InChI is InChI=1S/C14H22F2N2O2/c1-10(2)17-4-3-13(8-17)9-20-6-5-18(13)12(19)11-7-14(11,15)16/h10-11H,3-9H2,1-2H3. The molecule has 2 unspecified atom stereocenters. The molecule has 1 saturated carbocycles. The highest BCUT2D eigenvalue weighted by Crippen LogP contribution is 2.50. The Balaban J connectivity index is 1.77. The average Bonchev–Trinajstić information content (AvgIpc) is 2.83. The van der Waals surface area contributed by atoms with E-state index in [9.17, 15) is 13.6 Å². The van der Waals surface area contributed by atoms with Gasteiger partial charge in [0, 0.05) is 32.1 Å². The number of morpholine rings is 1. The molecule has 0 aromatic carbocycles. The fourth-order valence-corrected chi connectivity index (χ4v) is 3.41. The lowest BCUT2D eigenvalue weighted by molar-refractivity contribution is -0.152. The second-order valence-corrected chi connectivity index (χ2v) is 6.60. The van der Waals surface area contributed by atoms with Crippen LogP contribution in [-0.4, -0.2) is 66.1 Å². The van der Waals surface area contributed by atoms with E-state index in [1.807, 2.05) is 0 Å². The molecule has 1 aliphatic carbocycles. The summed E-state index contributed by atoms with van der Waals surface area (Å²) in [6.07, 6.45) is 0.530. The van der Waals surface area contributed by atoms with Gasteiger partial charge in [-0.25, -0.2) is 8.78 Å². The van der Waals surface area contributed by atoms with Crippen LogP contribution in [0.15, 0.2) is 0 Å². The monoisotopic (exact) mass is 288 g/mol. The summed E-state index contributed by atoms with van der Waals surface area (Å²) in [5.41, 5.74) is -0.391. The predicted octanol–water partition coefficient (Wildman–Crippen LogP) is 1.35. The summed E-state index contributed by atoms with van der Waals surface area (Å²) in [6.45, 7) is 7.22. The van der Waals surface area contributed by atoms with Gasteiger partial charge in [-0.05, 0) is 20.3 Å². The van der Waals surface area contributed by atoms with Gasteiger partial charge in [0.25, 0.3) is 5.92 Å². The molecule has 3 aliphatic rings. The second kappa shape index (κ2) is 4.63. The third-order valence-electron chi connectivity index (χ3n) is 4.88. The SMILES string of the molecule is CC(C)N1CCC2(COCCN2C(=O)C2CC2(F)F)C1. The molecule has 0 aromatic rings. The quantitative estimate of drug-likeness (QED) is 0.769. The molecule has 1 amide bonds. The summed E-state index contributed by atoms with van der Waals surface area (Å²) in [5, 5.41) is 0. The Labute approximate surface area is 118 Å². The van der Waals surface area contributed by atoms with Crippen molar-refractivity contribution in [3.63, 3.8) is 0 Å². The summed E-state index contributed by atoms with van der Waals surface area (Å²) in [7, 11) is 0. The van der Waals surface area contributed by atoms with Crippen LogP contribution in [0.4, 0.5) is 8.78 Å². The van der Waals surface area contributed by atoms with Crippen molar-refractivity contribution in [2.24, 2.45) is 5.92 Å². The Morgan fingerprint density at radius 1 is 1.35 bits per heavy atom. The highest BCUT2D eigenvalue weighted by molar-refractivity contribution is 5.84. The highest BCUT2D eigenvalue weighted by atomic mass is 19.3. The van der Waals surface area contributed by atoms with E-state index in [2.05, 4.69) is 18.7 Å². The Kier molecular flexibility index (Phi) is 3.29. The zero-order valence-electron chi connectivity index (χ0n) is 12.1. The van der Waals surface area contributed by atoms with E-state index >= 15 is 0 Å². The zero-order valence-corrected chi connectivity index (χ0v) is 12.1. The van der Waals surface area contributed by atoms with Crippen molar-refractivity contribution in [3.05, 3.63) is 0 Å². The number of alkyl halides is 2. The van der Waals surface area contributed by atoms with Gasteiger partial charge in [0.2, 0.25) is 5.91 Å². The van der Waals surface area contributed by atoms with Crippen molar-refractivity contribution in [2.45, 2.75) is 44.2 Å². The maximum atomic E-state index is 13.2. The minimum absolute atomic E-state index is 0.285. The lowest BCUT2D eigenvalue weighted by atomic mass is 9.95. The van der Waals surface area contributed by atoms with Gasteiger partial charge in [-0.2, -0.15) is 0 Å². The first-order valence-corrected chi connectivity index (χ1v) is 7.37. The molecule has 3 rings (SSSR count). The second-order valence-electron chi connectivity index (χ2n) is 6.60. The summed E-state index contributed by atoms with van der Waals surface area (Å²) in [6, 6.07) is 0.399. The van der Waals surface area contributed by atoms with E-state index in [0.29, 0.717) is 25.8 Å².